The third-order valence-corrected chi connectivity index (χ3v) is 2.80. The summed E-state index contributed by atoms with van der Waals surface area (Å²) < 4.78 is 0. The van der Waals surface area contributed by atoms with Crippen LogP contribution in [0.15, 0.2) is 0 Å². The molecule has 0 saturated carbocycles. The van der Waals surface area contributed by atoms with E-state index in [-0.39, 0.29) is 18.6 Å². The zero-order valence-corrected chi connectivity index (χ0v) is 9.53. The minimum atomic E-state index is -0.922. The average molecular weight is 216 g/mol. The van der Waals surface area contributed by atoms with Crippen molar-refractivity contribution >= 4 is 6.09 Å². The Morgan fingerprint density at radius 1 is 1.47 bits per heavy atom. The minimum absolute atomic E-state index is 0.000301. The van der Waals surface area contributed by atoms with E-state index in [0.717, 1.165) is 0 Å². The van der Waals surface area contributed by atoms with E-state index in [1.54, 1.807) is 0 Å². The van der Waals surface area contributed by atoms with Crippen LogP contribution in [0.5, 0.6) is 0 Å². The van der Waals surface area contributed by atoms with Gasteiger partial charge in [-0.2, -0.15) is 0 Å². The van der Waals surface area contributed by atoms with Gasteiger partial charge in [0, 0.05) is 31.2 Å². The van der Waals surface area contributed by atoms with Crippen LogP contribution >= 0.6 is 0 Å². The highest BCUT2D eigenvalue weighted by atomic mass is 16.4. The van der Waals surface area contributed by atoms with Crippen molar-refractivity contribution in [2.24, 2.45) is 5.92 Å². The molecule has 5 nitrogen and oxygen atoms in total. The molecule has 0 unspecified atom stereocenters. The standard InChI is InChI=1S/C10H20N2O3/c1-10(2,3)12(9(14)15)8-5-11-4-7(8)6-13/h7-8,11,13H,4-6H2,1-3H3,(H,14,15)/t7-,8-/m1/s1. The zero-order valence-electron chi connectivity index (χ0n) is 9.53. The van der Waals surface area contributed by atoms with Crippen molar-refractivity contribution in [3.05, 3.63) is 0 Å². The van der Waals surface area contributed by atoms with E-state index in [4.69, 9.17) is 0 Å². The maximum Gasteiger partial charge on any atom is 0.408 e. The Bertz CT molecular complexity index is 237. The Labute approximate surface area is 90.1 Å². The van der Waals surface area contributed by atoms with Crippen LogP contribution in [0.2, 0.25) is 0 Å². The second-order valence-corrected chi connectivity index (χ2v) is 4.99. The maximum atomic E-state index is 11.2. The summed E-state index contributed by atoms with van der Waals surface area (Å²) in [7, 11) is 0. The van der Waals surface area contributed by atoms with Crippen LogP contribution in [0.3, 0.4) is 0 Å². The smallest absolute Gasteiger partial charge is 0.408 e. The Kier molecular flexibility index (Phi) is 3.57. The van der Waals surface area contributed by atoms with Crippen molar-refractivity contribution in [1.82, 2.24) is 10.2 Å². The van der Waals surface area contributed by atoms with Crippen molar-refractivity contribution in [1.29, 1.82) is 0 Å². The van der Waals surface area contributed by atoms with Gasteiger partial charge in [0.2, 0.25) is 0 Å². The van der Waals surface area contributed by atoms with Crippen LogP contribution in [-0.4, -0.2) is 52.5 Å². The van der Waals surface area contributed by atoms with Crippen LogP contribution < -0.4 is 5.32 Å². The number of carboxylic acid groups (broad SMARTS) is 1. The minimum Gasteiger partial charge on any atom is -0.465 e. The number of carbonyl (C=O) groups is 1. The number of nitrogens with zero attached hydrogens (tertiary/aromatic N) is 1. The van der Waals surface area contributed by atoms with Gasteiger partial charge in [0.15, 0.2) is 0 Å². The summed E-state index contributed by atoms with van der Waals surface area (Å²) in [6, 6.07) is -0.132. The molecule has 1 saturated heterocycles. The molecule has 1 aliphatic rings. The van der Waals surface area contributed by atoms with Gasteiger partial charge in [0.05, 0.1) is 6.04 Å². The van der Waals surface area contributed by atoms with E-state index in [9.17, 15) is 15.0 Å². The first-order valence-corrected chi connectivity index (χ1v) is 5.21. The third kappa shape index (κ3) is 2.60. The first-order valence-electron chi connectivity index (χ1n) is 5.21. The summed E-state index contributed by atoms with van der Waals surface area (Å²) in [5, 5.41) is 21.5. The summed E-state index contributed by atoms with van der Waals surface area (Å²) >= 11 is 0. The number of nitrogens with one attached hydrogen (secondary N) is 1. The molecule has 1 amide bonds. The van der Waals surface area contributed by atoms with Gasteiger partial charge >= 0.3 is 6.09 Å². The number of amides is 1. The summed E-state index contributed by atoms with van der Waals surface area (Å²) in [6.07, 6.45) is -0.922. The van der Waals surface area contributed by atoms with Crippen molar-refractivity contribution in [2.45, 2.75) is 32.4 Å². The average Bonchev–Trinajstić information content (AvgIpc) is 2.48. The molecule has 0 spiro atoms. The number of aliphatic hydroxyl groups is 1. The van der Waals surface area contributed by atoms with Crippen LogP contribution in [-0.2, 0) is 0 Å². The first kappa shape index (κ1) is 12.3. The first-order chi connectivity index (χ1) is 6.88. The Hall–Kier alpha value is -0.810. The quantitative estimate of drug-likeness (QED) is 0.622. The normalized spacial score (nSPS) is 26.7. The molecule has 1 heterocycles. The number of hydrogen-bond acceptors (Lipinski definition) is 3. The summed E-state index contributed by atoms with van der Waals surface area (Å²) in [5.41, 5.74) is -0.435. The molecule has 0 aromatic rings. The van der Waals surface area contributed by atoms with Gasteiger partial charge in [-0.1, -0.05) is 0 Å². The second-order valence-electron chi connectivity index (χ2n) is 4.99. The van der Waals surface area contributed by atoms with Crippen LogP contribution in [0.4, 0.5) is 4.79 Å². The molecule has 5 heteroatoms. The van der Waals surface area contributed by atoms with Gasteiger partial charge < -0.3 is 15.5 Å². The number of aliphatic hydroxyl groups excluding tert-OH is 1. The van der Waals surface area contributed by atoms with E-state index in [1.165, 1.54) is 4.90 Å². The van der Waals surface area contributed by atoms with Crippen molar-refractivity contribution < 1.29 is 15.0 Å². The van der Waals surface area contributed by atoms with Crippen LogP contribution in [0, 0.1) is 5.92 Å². The predicted octanol–water partition coefficient (Wildman–Crippen LogP) is 0.345. The lowest BCUT2D eigenvalue weighted by Gasteiger charge is -2.39. The van der Waals surface area contributed by atoms with Gasteiger partial charge in [-0.3, -0.25) is 4.90 Å². The van der Waals surface area contributed by atoms with Crippen LogP contribution in [0.1, 0.15) is 20.8 Å². The highest BCUT2D eigenvalue weighted by Gasteiger charge is 2.39. The van der Waals surface area contributed by atoms with Crippen LogP contribution in [0.25, 0.3) is 0 Å². The molecule has 0 aromatic heterocycles. The predicted molar refractivity (Wildman–Crippen MR) is 56.9 cm³/mol. The molecule has 1 aliphatic heterocycles. The molecular weight excluding hydrogens is 196 g/mol. The molecule has 0 aliphatic carbocycles. The van der Waals surface area contributed by atoms with Gasteiger partial charge in [-0.05, 0) is 20.8 Å². The molecule has 0 bridgehead atoms. The van der Waals surface area contributed by atoms with Gasteiger partial charge in [-0.25, -0.2) is 4.79 Å². The van der Waals surface area contributed by atoms with E-state index >= 15 is 0 Å². The summed E-state index contributed by atoms with van der Waals surface area (Å²) in [4.78, 5) is 12.6. The zero-order chi connectivity index (χ0) is 11.6. The largest absolute Gasteiger partial charge is 0.465 e. The second kappa shape index (κ2) is 4.37. The number of hydrogen-bond donors (Lipinski definition) is 3. The van der Waals surface area contributed by atoms with E-state index in [0.29, 0.717) is 13.1 Å². The van der Waals surface area contributed by atoms with Crippen molar-refractivity contribution in [3.8, 4) is 0 Å². The van der Waals surface area contributed by atoms with E-state index in [2.05, 4.69) is 5.32 Å². The molecule has 1 rings (SSSR count). The molecule has 2 atom stereocenters. The topological polar surface area (TPSA) is 72.8 Å². The van der Waals surface area contributed by atoms with E-state index in [1.807, 2.05) is 20.8 Å². The van der Waals surface area contributed by atoms with Gasteiger partial charge in [0.1, 0.15) is 0 Å². The Morgan fingerprint density at radius 2 is 2.07 bits per heavy atom. The number of rotatable bonds is 2. The molecular formula is C10H20N2O3. The Morgan fingerprint density at radius 3 is 2.47 bits per heavy atom. The fourth-order valence-corrected chi connectivity index (χ4v) is 2.13. The maximum absolute atomic E-state index is 11.2. The highest BCUT2D eigenvalue weighted by molar-refractivity contribution is 5.66. The Balaban J connectivity index is 2.85. The summed E-state index contributed by atoms with van der Waals surface area (Å²) in [5.74, 6) is 0.000301. The molecule has 1 fully saturated rings. The fourth-order valence-electron chi connectivity index (χ4n) is 2.13. The molecule has 0 aromatic carbocycles. The van der Waals surface area contributed by atoms with Crippen molar-refractivity contribution in [2.75, 3.05) is 19.7 Å². The molecule has 15 heavy (non-hydrogen) atoms. The van der Waals surface area contributed by atoms with E-state index < -0.39 is 11.6 Å². The fraction of sp³-hybridized carbons (Fsp3) is 0.900. The molecule has 0 radical (unpaired) electrons. The lowest BCUT2D eigenvalue weighted by Crippen LogP contribution is -2.54. The van der Waals surface area contributed by atoms with Gasteiger partial charge in [0.25, 0.3) is 0 Å². The third-order valence-electron chi connectivity index (χ3n) is 2.80. The van der Waals surface area contributed by atoms with Crippen molar-refractivity contribution in [3.63, 3.8) is 0 Å². The highest BCUT2D eigenvalue weighted by Crippen LogP contribution is 2.24. The van der Waals surface area contributed by atoms with Gasteiger partial charge in [-0.15, -0.1) is 0 Å². The lowest BCUT2D eigenvalue weighted by atomic mass is 9.97. The molecule has 88 valence electrons. The summed E-state index contributed by atoms with van der Waals surface area (Å²) in [6.45, 7) is 6.93. The molecule has 3 N–H and O–H groups in total. The SMILES string of the molecule is CC(C)(C)N(C(=O)O)[C@@H]1CNC[C@@H]1CO. The monoisotopic (exact) mass is 216 g/mol. The lowest BCUT2D eigenvalue weighted by molar-refractivity contribution is 0.0512.